The molecule has 0 aliphatic heterocycles. The predicted octanol–water partition coefficient (Wildman–Crippen LogP) is 4.66. The van der Waals surface area contributed by atoms with Gasteiger partial charge in [-0.05, 0) is 87.5 Å². The molecule has 0 radical (unpaired) electrons. The normalized spacial score (nSPS) is 49.2. The first-order valence-corrected chi connectivity index (χ1v) is 10.0. The third-order valence-electron chi connectivity index (χ3n) is 8.52. The average Bonchev–Trinajstić information content (AvgIpc) is 2.88. The van der Waals surface area contributed by atoms with Crippen molar-refractivity contribution in [3.8, 4) is 0 Å². The van der Waals surface area contributed by atoms with Crippen molar-refractivity contribution in [1.82, 2.24) is 0 Å². The quantitative estimate of drug-likeness (QED) is 0.804. The summed E-state index contributed by atoms with van der Waals surface area (Å²) in [6.07, 6.45) is 13.0. The van der Waals surface area contributed by atoms with Gasteiger partial charge in [0, 0.05) is 11.8 Å². The van der Waals surface area contributed by atoms with Crippen LogP contribution in [0.1, 0.15) is 78.1 Å². The molecule has 3 fully saturated rings. The zero-order chi connectivity index (χ0) is 16.2. The Hall–Kier alpha value is -0.630. The maximum atomic E-state index is 11.8. The minimum atomic E-state index is -0.421. The molecule has 0 aromatic rings. The minimum Gasteiger partial charge on any atom is -0.389 e. The van der Waals surface area contributed by atoms with Crippen LogP contribution in [0.2, 0.25) is 0 Å². The molecule has 4 aliphatic carbocycles. The number of carbonyl (C=O) groups is 1. The van der Waals surface area contributed by atoms with E-state index in [9.17, 15) is 9.90 Å². The summed E-state index contributed by atoms with van der Waals surface area (Å²) in [5.74, 6) is 3.33. The van der Waals surface area contributed by atoms with Crippen molar-refractivity contribution in [3.63, 3.8) is 0 Å². The van der Waals surface area contributed by atoms with E-state index in [1.807, 2.05) is 6.08 Å². The molecule has 0 spiro atoms. The highest BCUT2D eigenvalue weighted by Crippen LogP contribution is 2.66. The first-order valence-electron chi connectivity index (χ1n) is 10.0. The summed E-state index contributed by atoms with van der Waals surface area (Å²) in [6, 6.07) is 0. The van der Waals surface area contributed by atoms with Gasteiger partial charge in [-0.15, -0.1) is 0 Å². The van der Waals surface area contributed by atoms with Crippen LogP contribution in [0.25, 0.3) is 0 Å². The van der Waals surface area contributed by atoms with Gasteiger partial charge in [0.2, 0.25) is 0 Å². The van der Waals surface area contributed by atoms with E-state index < -0.39 is 5.60 Å². The number of rotatable bonds is 2. The summed E-state index contributed by atoms with van der Waals surface area (Å²) >= 11 is 0. The molecular weight excluding hydrogens is 284 g/mol. The van der Waals surface area contributed by atoms with Gasteiger partial charge in [0.1, 0.15) is 0 Å². The molecule has 4 aliphatic rings. The van der Waals surface area contributed by atoms with Crippen molar-refractivity contribution in [3.05, 3.63) is 11.6 Å². The van der Waals surface area contributed by atoms with E-state index in [2.05, 4.69) is 13.8 Å². The first-order chi connectivity index (χ1) is 11.0. The number of ketones is 1. The monoisotopic (exact) mass is 316 g/mol. The van der Waals surface area contributed by atoms with Gasteiger partial charge in [0.15, 0.2) is 5.78 Å². The molecule has 2 heteroatoms. The highest BCUT2D eigenvalue weighted by molar-refractivity contribution is 5.91. The number of hydrogen-bond donors (Lipinski definition) is 1. The third-order valence-corrected chi connectivity index (χ3v) is 8.52. The Morgan fingerprint density at radius 3 is 2.61 bits per heavy atom. The van der Waals surface area contributed by atoms with Crippen molar-refractivity contribution in [2.45, 2.75) is 83.7 Å². The maximum absolute atomic E-state index is 11.8. The molecule has 6 atom stereocenters. The van der Waals surface area contributed by atoms with Gasteiger partial charge in [-0.2, -0.15) is 0 Å². The van der Waals surface area contributed by atoms with Crippen molar-refractivity contribution in [2.75, 3.05) is 0 Å². The van der Waals surface area contributed by atoms with Crippen LogP contribution >= 0.6 is 0 Å². The van der Waals surface area contributed by atoms with Gasteiger partial charge in [0.05, 0.1) is 5.60 Å². The molecule has 1 N–H and O–H groups in total. The van der Waals surface area contributed by atoms with Gasteiger partial charge >= 0.3 is 0 Å². The lowest BCUT2D eigenvalue weighted by Crippen LogP contribution is -2.53. The smallest absolute Gasteiger partial charge is 0.155 e. The third kappa shape index (κ3) is 2.06. The van der Waals surface area contributed by atoms with Gasteiger partial charge in [-0.1, -0.05) is 19.4 Å². The lowest BCUT2D eigenvalue weighted by molar-refractivity contribution is -0.132. The summed E-state index contributed by atoms with van der Waals surface area (Å²) < 4.78 is 0. The molecule has 3 saturated carbocycles. The highest BCUT2D eigenvalue weighted by Gasteiger charge is 2.62. The summed E-state index contributed by atoms with van der Waals surface area (Å²) in [5.41, 5.74) is 1.22. The van der Waals surface area contributed by atoms with Gasteiger partial charge in [-0.25, -0.2) is 0 Å². The Morgan fingerprint density at radius 2 is 1.87 bits per heavy atom. The molecule has 128 valence electrons. The SMILES string of the molecule is CCC12CC[C@H]3C4CCC(=O)C=C4CCC3[C@@H]1CC[C@@]2(O)CC. The number of allylic oxidation sites excluding steroid dienone is 1. The van der Waals surface area contributed by atoms with Gasteiger partial charge in [-0.3, -0.25) is 4.79 Å². The number of carbonyl (C=O) groups excluding carboxylic acids is 1. The largest absolute Gasteiger partial charge is 0.389 e. The zero-order valence-corrected chi connectivity index (χ0v) is 14.8. The van der Waals surface area contributed by atoms with Gasteiger partial charge in [0.25, 0.3) is 0 Å². The molecule has 3 unspecified atom stereocenters. The van der Waals surface area contributed by atoms with Crippen molar-refractivity contribution in [2.24, 2.45) is 29.1 Å². The van der Waals surface area contributed by atoms with E-state index in [0.717, 1.165) is 56.3 Å². The number of hydrogen-bond acceptors (Lipinski definition) is 2. The van der Waals surface area contributed by atoms with E-state index in [0.29, 0.717) is 11.7 Å². The minimum absolute atomic E-state index is 0.175. The molecule has 23 heavy (non-hydrogen) atoms. The lowest BCUT2D eigenvalue weighted by Gasteiger charge is -2.57. The number of aliphatic hydroxyl groups is 1. The molecular formula is C21H32O2. The van der Waals surface area contributed by atoms with Crippen LogP contribution in [0, 0.1) is 29.1 Å². The molecule has 0 heterocycles. The lowest BCUT2D eigenvalue weighted by atomic mass is 9.49. The Morgan fingerprint density at radius 1 is 1.04 bits per heavy atom. The second kappa shape index (κ2) is 5.44. The Bertz CT molecular complexity index is 536. The summed E-state index contributed by atoms with van der Waals surface area (Å²) in [4.78, 5) is 11.8. The molecule has 0 aromatic heterocycles. The van der Waals surface area contributed by atoms with Crippen LogP contribution in [-0.2, 0) is 4.79 Å². The second-order valence-electron chi connectivity index (χ2n) is 8.78. The Labute approximate surface area is 140 Å². The van der Waals surface area contributed by atoms with Crippen LogP contribution in [0.3, 0.4) is 0 Å². The molecule has 0 aromatic carbocycles. The van der Waals surface area contributed by atoms with E-state index >= 15 is 0 Å². The van der Waals surface area contributed by atoms with E-state index in [1.165, 1.54) is 31.3 Å². The summed E-state index contributed by atoms with van der Waals surface area (Å²) in [7, 11) is 0. The van der Waals surface area contributed by atoms with Crippen LogP contribution in [0.5, 0.6) is 0 Å². The topological polar surface area (TPSA) is 37.3 Å². The fourth-order valence-corrected chi connectivity index (χ4v) is 7.40. The van der Waals surface area contributed by atoms with Crippen molar-refractivity contribution < 1.29 is 9.90 Å². The molecule has 0 amide bonds. The van der Waals surface area contributed by atoms with Crippen LogP contribution in [0.15, 0.2) is 11.6 Å². The molecule has 4 rings (SSSR count). The highest BCUT2D eigenvalue weighted by atomic mass is 16.3. The van der Waals surface area contributed by atoms with Crippen LogP contribution in [-0.4, -0.2) is 16.5 Å². The summed E-state index contributed by atoms with van der Waals surface area (Å²) in [5, 5.41) is 11.3. The van der Waals surface area contributed by atoms with Crippen molar-refractivity contribution >= 4 is 5.78 Å². The van der Waals surface area contributed by atoms with E-state index in [4.69, 9.17) is 0 Å². The Balaban J connectivity index is 1.65. The van der Waals surface area contributed by atoms with Crippen molar-refractivity contribution in [1.29, 1.82) is 0 Å². The summed E-state index contributed by atoms with van der Waals surface area (Å²) in [6.45, 7) is 4.49. The second-order valence-corrected chi connectivity index (χ2v) is 8.78. The van der Waals surface area contributed by atoms with Crippen LogP contribution < -0.4 is 0 Å². The maximum Gasteiger partial charge on any atom is 0.155 e. The molecule has 0 saturated heterocycles. The standard InChI is InChI=1S/C21H32O2/c1-3-20-11-9-17-16-8-6-15(22)13-14(16)5-7-18(17)19(20)10-12-21(20,23)4-2/h13,16-19,23H,3-12H2,1-2H3/t16?,17-,18?,19-,20?,21-/m0/s1. The van der Waals surface area contributed by atoms with Gasteiger partial charge < -0.3 is 5.11 Å². The fourth-order valence-electron chi connectivity index (χ4n) is 7.40. The number of fused-ring (bicyclic) bond motifs is 5. The average molecular weight is 316 g/mol. The van der Waals surface area contributed by atoms with E-state index in [-0.39, 0.29) is 5.41 Å². The zero-order valence-electron chi connectivity index (χ0n) is 14.8. The Kier molecular flexibility index (Phi) is 3.75. The fraction of sp³-hybridized carbons (Fsp3) is 0.857. The van der Waals surface area contributed by atoms with Crippen LogP contribution in [0.4, 0.5) is 0 Å². The molecule has 2 nitrogen and oxygen atoms in total. The first kappa shape index (κ1) is 15.9. The molecule has 0 bridgehead atoms. The van der Waals surface area contributed by atoms with E-state index in [1.54, 1.807) is 0 Å². The predicted molar refractivity (Wildman–Crippen MR) is 92.0 cm³/mol.